The van der Waals surface area contributed by atoms with Crippen molar-refractivity contribution in [1.82, 2.24) is 4.90 Å². The largest absolute Gasteiger partial charge is 0.360 e. The summed E-state index contributed by atoms with van der Waals surface area (Å²) >= 11 is 6.13. The van der Waals surface area contributed by atoms with Crippen molar-refractivity contribution in [2.24, 2.45) is 0 Å². The Morgan fingerprint density at radius 2 is 1.63 bits per heavy atom. The van der Waals surface area contributed by atoms with E-state index in [-0.39, 0.29) is 0 Å². The van der Waals surface area contributed by atoms with Crippen LogP contribution >= 0.6 is 11.6 Å². The molecule has 2 aromatic carbocycles. The highest BCUT2D eigenvalue weighted by atomic mass is 35.5. The summed E-state index contributed by atoms with van der Waals surface area (Å²) in [7, 11) is 0. The Kier molecular flexibility index (Phi) is 6.93. The van der Waals surface area contributed by atoms with Crippen LogP contribution in [0.15, 0.2) is 48.5 Å². The summed E-state index contributed by atoms with van der Waals surface area (Å²) in [6, 6.07) is 16.7. The molecule has 5 nitrogen and oxygen atoms in total. The smallest absolute Gasteiger partial charge is 0.278 e. The second-order valence-corrected chi connectivity index (χ2v) is 9.06. The lowest BCUT2D eigenvalue weighted by Gasteiger charge is -2.36. The van der Waals surface area contributed by atoms with Gasteiger partial charge in [0.05, 0.1) is 52.4 Å². The summed E-state index contributed by atoms with van der Waals surface area (Å²) < 4.78 is 0. The SMILES string of the molecule is Cc1ccccc1C[NH+]1CCN(C(=O)C[NH+]2CCN(c3cccc(Cl)c3)CC2)CC1. The summed E-state index contributed by atoms with van der Waals surface area (Å²) in [5, 5.41) is 0.779. The minimum atomic E-state index is 0.316. The van der Waals surface area contributed by atoms with Crippen molar-refractivity contribution in [2.75, 3.05) is 63.8 Å². The van der Waals surface area contributed by atoms with Crippen LogP contribution in [-0.4, -0.2) is 69.7 Å². The molecule has 0 saturated carbocycles. The van der Waals surface area contributed by atoms with Crippen LogP contribution in [0.5, 0.6) is 0 Å². The predicted molar refractivity (Wildman–Crippen MR) is 121 cm³/mol. The predicted octanol–water partition coefficient (Wildman–Crippen LogP) is 0.281. The highest BCUT2D eigenvalue weighted by Crippen LogP contribution is 2.19. The number of nitrogens with zero attached hydrogens (tertiary/aromatic N) is 2. The fourth-order valence-electron chi connectivity index (χ4n) is 4.58. The monoisotopic (exact) mass is 428 g/mol. The molecule has 160 valence electrons. The fraction of sp³-hybridized carbons (Fsp3) is 0.458. The zero-order valence-electron chi connectivity index (χ0n) is 17.9. The number of nitrogens with one attached hydrogen (secondary N) is 2. The molecule has 2 heterocycles. The average molecular weight is 429 g/mol. The van der Waals surface area contributed by atoms with E-state index in [0.29, 0.717) is 12.5 Å². The summed E-state index contributed by atoms with van der Waals surface area (Å²) in [6.07, 6.45) is 0. The van der Waals surface area contributed by atoms with Crippen LogP contribution < -0.4 is 14.7 Å². The highest BCUT2D eigenvalue weighted by Gasteiger charge is 2.28. The molecule has 2 saturated heterocycles. The molecule has 6 heteroatoms. The van der Waals surface area contributed by atoms with Gasteiger partial charge < -0.3 is 19.6 Å². The Labute approximate surface area is 184 Å². The first kappa shape index (κ1) is 21.2. The van der Waals surface area contributed by atoms with Gasteiger partial charge in [0, 0.05) is 16.3 Å². The average Bonchev–Trinajstić information content (AvgIpc) is 2.76. The van der Waals surface area contributed by atoms with Crippen LogP contribution in [-0.2, 0) is 11.3 Å². The molecule has 0 atom stereocenters. The molecule has 0 aromatic heterocycles. The molecule has 4 rings (SSSR count). The van der Waals surface area contributed by atoms with Gasteiger partial charge in [0.25, 0.3) is 5.91 Å². The first-order chi connectivity index (χ1) is 14.6. The second-order valence-electron chi connectivity index (χ2n) is 8.63. The summed E-state index contributed by atoms with van der Waals surface area (Å²) in [5.41, 5.74) is 3.97. The molecule has 0 bridgehead atoms. The van der Waals surface area contributed by atoms with Gasteiger partial charge in [-0.3, -0.25) is 4.79 Å². The number of amides is 1. The van der Waals surface area contributed by atoms with Crippen molar-refractivity contribution >= 4 is 23.2 Å². The summed E-state index contributed by atoms with van der Waals surface area (Å²) in [5.74, 6) is 0.316. The molecule has 2 aliphatic rings. The molecule has 2 aliphatic heterocycles. The van der Waals surface area contributed by atoms with E-state index >= 15 is 0 Å². The Morgan fingerprint density at radius 1 is 0.933 bits per heavy atom. The Bertz CT molecular complexity index is 858. The fourth-order valence-corrected chi connectivity index (χ4v) is 4.77. The maximum atomic E-state index is 12.8. The van der Waals surface area contributed by atoms with Crippen molar-refractivity contribution in [3.63, 3.8) is 0 Å². The number of rotatable bonds is 5. The van der Waals surface area contributed by atoms with E-state index in [0.717, 1.165) is 63.9 Å². The van der Waals surface area contributed by atoms with Crippen molar-refractivity contribution in [3.05, 3.63) is 64.7 Å². The Morgan fingerprint density at radius 3 is 2.33 bits per heavy atom. The van der Waals surface area contributed by atoms with Gasteiger partial charge in [-0.2, -0.15) is 0 Å². The van der Waals surface area contributed by atoms with E-state index in [1.165, 1.54) is 21.7 Å². The van der Waals surface area contributed by atoms with E-state index in [1.54, 1.807) is 4.90 Å². The minimum Gasteiger partial charge on any atom is -0.360 e. The van der Waals surface area contributed by atoms with E-state index < -0.39 is 0 Å². The van der Waals surface area contributed by atoms with Crippen LogP contribution in [0.1, 0.15) is 11.1 Å². The number of carbonyl (C=O) groups excluding carboxylic acids is 1. The second kappa shape index (κ2) is 9.82. The van der Waals surface area contributed by atoms with Gasteiger partial charge in [-0.1, -0.05) is 41.9 Å². The molecular weight excluding hydrogens is 396 g/mol. The first-order valence-corrected chi connectivity index (χ1v) is 11.5. The minimum absolute atomic E-state index is 0.316. The van der Waals surface area contributed by atoms with Gasteiger partial charge in [-0.25, -0.2) is 0 Å². The molecule has 2 N–H and O–H groups in total. The van der Waals surface area contributed by atoms with Crippen molar-refractivity contribution < 1.29 is 14.6 Å². The number of piperazine rings is 2. The van der Waals surface area contributed by atoms with Crippen LogP contribution in [0.4, 0.5) is 5.69 Å². The molecule has 30 heavy (non-hydrogen) atoms. The number of carbonyl (C=O) groups is 1. The number of benzene rings is 2. The molecule has 1 amide bonds. The molecule has 2 fully saturated rings. The quantitative estimate of drug-likeness (QED) is 0.717. The van der Waals surface area contributed by atoms with Gasteiger partial charge in [-0.15, -0.1) is 0 Å². The molecule has 2 aromatic rings. The normalized spacial score (nSPS) is 18.6. The molecule has 0 aliphatic carbocycles. The highest BCUT2D eigenvalue weighted by molar-refractivity contribution is 6.30. The van der Waals surface area contributed by atoms with Crippen molar-refractivity contribution in [2.45, 2.75) is 13.5 Å². The lowest BCUT2D eigenvalue weighted by Crippen LogP contribution is -3.16. The lowest BCUT2D eigenvalue weighted by atomic mass is 10.1. The zero-order chi connectivity index (χ0) is 20.9. The number of halogens is 1. The molecule has 0 radical (unpaired) electrons. The van der Waals surface area contributed by atoms with Crippen molar-refractivity contribution in [1.29, 1.82) is 0 Å². The van der Waals surface area contributed by atoms with Crippen LogP contribution in [0.25, 0.3) is 0 Å². The van der Waals surface area contributed by atoms with E-state index in [9.17, 15) is 4.79 Å². The van der Waals surface area contributed by atoms with E-state index in [1.807, 2.05) is 18.2 Å². The number of anilines is 1. The third kappa shape index (κ3) is 5.34. The number of quaternary nitrogens is 2. The topological polar surface area (TPSA) is 32.4 Å². The van der Waals surface area contributed by atoms with Crippen LogP contribution in [0.2, 0.25) is 5.02 Å². The maximum Gasteiger partial charge on any atom is 0.278 e. The van der Waals surface area contributed by atoms with Crippen molar-refractivity contribution in [3.8, 4) is 0 Å². The number of hydrogen-bond acceptors (Lipinski definition) is 2. The summed E-state index contributed by atoms with van der Waals surface area (Å²) in [6.45, 7) is 11.6. The molecule has 0 spiro atoms. The van der Waals surface area contributed by atoms with E-state index in [2.05, 4.69) is 47.1 Å². The van der Waals surface area contributed by atoms with Crippen LogP contribution in [0, 0.1) is 6.92 Å². The number of hydrogen-bond donors (Lipinski definition) is 2. The Hall–Kier alpha value is -2.08. The summed E-state index contributed by atoms with van der Waals surface area (Å²) in [4.78, 5) is 20.3. The standard InChI is InChI=1S/C24H31ClN4O/c1-20-5-2-3-6-21(20)18-26-11-15-29(16-12-26)24(30)19-27-9-13-28(14-10-27)23-8-4-7-22(25)17-23/h2-8,17H,9-16,18-19H2,1H3/p+2. The van der Waals surface area contributed by atoms with Crippen LogP contribution in [0.3, 0.4) is 0 Å². The molecular formula is C24H33ClN4O+2. The lowest BCUT2D eigenvalue weighted by molar-refractivity contribution is -0.918. The first-order valence-electron chi connectivity index (χ1n) is 11.1. The van der Waals surface area contributed by atoms with Gasteiger partial charge in [0.1, 0.15) is 6.54 Å². The molecule has 0 unspecified atom stereocenters. The third-order valence-corrected chi connectivity index (χ3v) is 6.81. The zero-order valence-corrected chi connectivity index (χ0v) is 18.6. The van der Waals surface area contributed by atoms with Gasteiger partial charge in [0.15, 0.2) is 6.54 Å². The Balaban J connectivity index is 1.20. The third-order valence-electron chi connectivity index (χ3n) is 6.57. The van der Waals surface area contributed by atoms with E-state index in [4.69, 9.17) is 11.6 Å². The van der Waals surface area contributed by atoms with Gasteiger partial charge in [0.2, 0.25) is 0 Å². The number of aryl methyl sites for hydroxylation is 1. The maximum absolute atomic E-state index is 12.8. The van der Waals surface area contributed by atoms with Gasteiger partial charge in [-0.05, 0) is 30.7 Å². The van der Waals surface area contributed by atoms with Gasteiger partial charge >= 0.3 is 0 Å².